The van der Waals surface area contributed by atoms with E-state index in [2.05, 4.69) is 20.1 Å². The fraction of sp³-hybridized carbons (Fsp3) is 0.500. The van der Waals surface area contributed by atoms with Crippen LogP contribution >= 0.6 is 0 Å². The van der Waals surface area contributed by atoms with Crippen molar-refractivity contribution < 1.29 is 4.74 Å². The number of fused-ring (bicyclic) bond motifs is 1. The predicted octanol–water partition coefficient (Wildman–Crippen LogP) is -0.712. The molecule has 2 aromatic heterocycles. The number of aromatic nitrogens is 4. The van der Waals surface area contributed by atoms with Crippen LogP contribution in [0, 0.1) is 0 Å². The summed E-state index contributed by atoms with van der Waals surface area (Å²) in [5.74, 6) is 0.823. The smallest absolute Gasteiger partial charge is 0.203 e. The zero-order chi connectivity index (χ0) is 11.7. The third-order valence-corrected chi connectivity index (χ3v) is 2.97. The molecule has 7 heteroatoms. The van der Waals surface area contributed by atoms with Crippen molar-refractivity contribution in [2.75, 3.05) is 31.2 Å². The minimum atomic E-state index is 0.152. The van der Waals surface area contributed by atoms with E-state index in [1.807, 2.05) is 10.6 Å². The quantitative estimate of drug-likeness (QED) is 0.739. The lowest BCUT2D eigenvalue weighted by atomic mass is 10.2. The van der Waals surface area contributed by atoms with Gasteiger partial charge in [0.05, 0.1) is 19.3 Å². The van der Waals surface area contributed by atoms with Crippen molar-refractivity contribution >= 4 is 11.5 Å². The largest absolute Gasteiger partial charge is 0.377 e. The summed E-state index contributed by atoms with van der Waals surface area (Å²) in [5, 5.41) is 7.98. The average Bonchev–Trinajstić information content (AvgIpc) is 2.86. The first-order valence-electron chi connectivity index (χ1n) is 5.59. The molecule has 3 heterocycles. The van der Waals surface area contributed by atoms with Gasteiger partial charge in [-0.15, -0.1) is 10.2 Å². The molecular weight excluding hydrogens is 220 g/mol. The van der Waals surface area contributed by atoms with E-state index in [4.69, 9.17) is 10.5 Å². The summed E-state index contributed by atoms with van der Waals surface area (Å²) in [6.07, 6.45) is 5.24. The Balaban J connectivity index is 2.04. The van der Waals surface area contributed by atoms with Crippen LogP contribution in [0.4, 0.5) is 5.82 Å². The fourth-order valence-electron chi connectivity index (χ4n) is 2.08. The first-order chi connectivity index (χ1) is 8.40. The summed E-state index contributed by atoms with van der Waals surface area (Å²) in [4.78, 5) is 6.54. The van der Waals surface area contributed by atoms with Gasteiger partial charge in [-0.3, -0.25) is 4.40 Å². The zero-order valence-corrected chi connectivity index (χ0v) is 9.36. The Bertz CT molecular complexity index is 512. The molecule has 0 saturated carbocycles. The van der Waals surface area contributed by atoms with Crippen LogP contribution in [0.2, 0.25) is 0 Å². The van der Waals surface area contributed by atoms with Crippen LogP contribution in [0.25, 0.3) is 5.65 Å². The molecule has 1 fully saturated rings. The molecule has 0 aromatic carbocycles. The van der Waals surface area contributed by atoms with Crippen molar-refractivity contribution in [3.05, 3.63) is 18.7 Å². The molecule has 1 unspecified atom stereocenters. The lowest BCUT2D eigenvalue weighted by Crippen LogP contribution is -2.50. The molecule has 1 atom stereocenters. The van der Waals surface area contributed by atoms with E-state index in [0.29, 0.717) is 19.8 Å². The fourth-order valence-corrected chi connectivity index (χ4v) is 2.08. The summed E-state index contributed by atoms with van der Waals surface area (Å²) in [6.45, 7) is 2.64. The van der Waals surface area contributed by atoms with Gasteiger partial charge in [-0.05, 0) is 0 Å². The molecule has 2 N–H and O–H groups in total. The van der Waals surface area contributed by atoms with Crippen molar-refractivity contribution in [2.45, 2.75) is 6.04 Å². The van der Waals surface area contributed by atoms with Gasteiger partial charge < -0.3 is 15.4 Å². The Morgan fingerprint density at radius 3 is 3.35 bits per heavy atom. The second kappa shape index (κ2) is 4.27. The van der Waals surface area contributed by atoms with Crippen LogP contribution in [0.3, 0.4) is 0 Å². The molecule has 3 rings (SSSR count). The van der Waals surface area contributed by atoms with E-state index in [0.717, 1.165) is 18.0 Å². The van der Waals surface area contributed by atoms with Crippen LogP contribution in [-0.2, 0) is 4.74 Å². The molecule has 90 valence electrons. The average molecular weight is 234 g/mol. The summed E-state index contributed by atoms with van der Waals surface area (Å²) in [5.41, 5.74) is 6.52. The number of ether oxygens (including phenoxy) is 1. The number of nitrogens with zero attached hydrogens (tertiary/aromatic N) is 5. The van der Waals surface area contributed by atoms with Crippen LogP contribution in [-0.4, -0.2) is 51.9 Å². The van der Waals surface area contributed by atoms with Gasteiger partial charge in [-0.25, -0.2) is 4.98 Å². The van der Waals surface area contributed by atoms with Gasteiger partial charge in [0.15, 0.2) is 5.82 Å². The van der Waals surface area contributed by atoms with Gasteiger partial charge in [0.2, 0.25) is 5.65 Å². The first kappa shape index (κ1) is 10.4. The third-order valence-electron chi connectivity index (χ3n) is 2.97. The van der Waals surface area contributed by atoms with Crippen LogP contribution < -0.4 is 10.6 Å². The molecule has 0 radical (unpaired) electrons. The van der Waals surface area contributed by atoms with E-state index in [9.17, 15) is 0 Å². The monoisotopic (exact) mass is 234 g/mol. The maximum atomic E-state index is 5.76. The van der Waals surface area contributed by atoms with Gasteiger partial charge in [0, 0.05) is 25.5 Å². The van der Waals surface area contributed by atoms with E-state index in [-0.39, 0.29) is 6.04 Å². The molecule has 1 saturated heterocycles. The van der Waals surface area contributed by atoms with Crippen LogP contribution in [0.1, 0.15) is 0 Å². The number of morpholine rings is 1. The van der Waals surface area contributed by atoms with Gasteiger partial charge >= 0.3 is 0 Å². The highest BCUT2D eigenvalue weighted by molar-refractivity contribution is 5.63. The van der Waals surface area contributed by atoms with Crippen molar-refractivity contribution in [1.29, 1.82) is 0 Å². The lowest BCUT2D eigenvalue weighted by molar-refractivity contribution is 0.0959. The minimum absolute atomic E-state index is 0.152. The van der Waals surface area contributed by atoms with E-state index in [1.165, 1.54) is 0 Å². The maximum absolute atomic E-state index is 5.76. The molecular formula is C10H14N6O. The van der Waals surface area contributed by atoms with Crippen molar-refractivity contribution in [3.63, 3.8) is 0 Å². The molecule has 2 aromatic rings. The second-order valence-electron chi connectivity index (χ2n) is 3.97. The normalized spacial score (nSPS) is 21.0. The molecule has 0 amide bonds. The SMILES string of the molecule is NCC1COCCN1c1nccn2cnnc12. The minimum Gasteiger partial charge on any atom is -0.377 e. The Morgan fingerprint density at radius 1 is 1.53 bits per heavy atom. The predicted molar refractivity (Wildman–Crippen MR) is 61.8 cm³/mol. The molecule has 1 aliphatic rings. The van der Waals surface area contributed by atoms with Crippen molar-refractivity contribution in [3.8, 4) is 0 Å². The van der Waals surface area contributed by atoms with Gasteiger partial charge in [-0.2, -0.15) is 0 Å². The lowest BCUT2D eigenvalue weighted by Gasteiger charge is -2.35. The summed E-state index contributed by atoms with van der Waals surface area (Å²) in [6, 6.07) is 0.152. The van der Waals surface area contributed by atoms with Crippen LogP contribution in [0.5, 0.6) is 0 Å². The van der Waals surface area contributed by atoms with Crippen molar-refractivity contribution in [1.82, 2.24) is 19.6 Å². The zero-order valence-electron chi connectivity index (χ0n) is 9.36. The molecule has 0 aliphatic carbocycles. The Kier molecular flexibility index (Phi) is 2.62. The molecule has 1 aliphatic heterocycles. The highest BCUT2D eigenvalue weighted by Crippen LogP contribution is 2.20. The second-order valence-corrected chi connectivity index (χ2v) is 3.97. The number of anilines is 1. The highest BCUT2D eigenvalue weighted by Gasteiger charge is 2.25. The van der Waals surface area contributed by atoms with Crippen LogP contribution in [0.15, 0.2) is 18.7 Å². The van der Waals surface area contributed by atoms with E-state index in [1.54, 1.807) is 12.5 Å². The summed E-state index contributed by atoms with van der Waals surface area (Å²) in [7, 11) is 0. The van der Waals surface area contributed by atoms with E-state index < -0.39 is 0 Å². The van der Waals surface area contributed by atoms with Gasteiger partial charge in [0.25, 0.3) is 0 Å². The van der Waals surface area contributed by atoms with Gasteiger partial charge in [-0.1, -0.05) is 0 Å². The first-order valence-corrected chi connectivity index (χ1v) is 5.59. The number of nitrogens with two attached hydrogens (primary N) is 1. The van der Waals surface area contributed by atoms with E-state index >= 15 is 0 Å². The molecule has 17 heavy (non-hydrogen) atoms. The Morgan fingerprint density at radius 2 is 2.47 bits per heavy atom. The summed E-state index contributed by atoms with van der Waals surface area (Å²) >= 11 is 0. The Labute approximate surface area is 98.2 Å². The Hall–Kier alpha value is -1.73. The van der Waals surface area contributed by atoms with Gasteiger partial charge in [0.1, 0.15) is 6.33 Å². The molecule has 7 nitrogen and oxygen atoms in total. The standard InChI is InChI=1S/C10H14N6O/c11-5-8-6-17-4-3-16(8)9-10-14-13-7-15(10)2-1-12-9/h1-2,7-8H,3-6,11H2. The maximum Gasteiger partial charge on any atom is 0.203 e. The third kappa shape index (κ3) is 1.73. The van der Waals surface area contributed by atoms with Crippen molar-refractivity contribution in [2.24, 2.45) is 5.73 Å². The summed E-state index contributed by atoms with van der Waals surface area (Å²) < 4.78 is 7.28. The highest BCUT2D eigenvalue weighted by atomic mass is 16.5. The molecule has 0 spiro atoms. The topological polar surface area (TPSA) is 81.6 Å². The number of hydrogen-bond acceptors (Lipinski definition) is 6. The number of rotatable bonds is 2. The number of hydrogen-bond donors (Lipinski definition) is 1. The molecule has 0 bridgehead atoms.